The Labute approximate surface area is 235 Å². The lowest BCUT2D eigenvalue weighted by atomic mass is 9.92. The summed E-state index contributed by atoms with van der Waals surface area (Å²) in [7, 11) is 0. The lowest BCUT2D eigenvalue weighted by Crippen LogP contribution is -2.41. The monoisotopic (exact) mass is 553 g/mol. The fraction of sp³-hybridized carbons (Fsp3) is 0.533. The Hall–Kier alpha value is -3.18. The van der Waals surface area contributed by atoms with E-state index in [9.17, 15) is 9.59 Å². The van der Waals surface area contributed by atoms with E-state index in [1.165, 1.54) is 0 Å². The number of rotatable bonds is 4. The van der Waals surface area contributed by atoms with Crippen LogP contribution in [0.15, 0.2) is 48.5 Å². The zero-order chi connectivity index (χ0) is 29.1. The summed E-state index contributed by atoms with van der Waals surface area (Å²) in [4.78, 5) is 27.4. The van der Waals surface area contributed by atoms with Crippen LogP contribution >= 0.6 is 0 Å². The fourth-order valence-electron chi connectivity index (χ4n) is 5.67. The SMILES string of the molecule is CC(C)(C)OC(=O)Nc1ccccc1[C@]1(C)O[C@H]2CO[C@@H]3N2[C@H]1O[C@@]3(C)c1ccccc1NC(=O)OC(C)(C)C. The smallest absolute Gasteiger partial charge is 0.412 e. The first-order chi connectivity index (χ1) is 18.6. The van der Waals surface area contributed by atoms with E-state index in [2.05, 4.69) is 15.5 Å². The molecule has 0 unspecified atom stereocenters. The number of benzene rings is 2. The summed E-state index contributed by atoms with van der Waals surface area (Å²) in [6, 6.07) is 15.0. The minimum atomic E-state index is -0.955. The van der Waals surface area contributed by atoms with Gasteiger partial charge in [0.25, 0.3) is 0 Å². The molecule has 40 heavy (non-hydrogen) atoms. The van der Waals surface area contributed by atoms with Crippen molar-refractivity contribution in [2.24, 2.45) is 0 Å². The van der Waals surface area contributed by atoms with E-state index in [1.807, 2.05) is 104 Å². The lowest BCUT2D eigenvalue weighted by molar-refractivity contribution is -0.137. The zero-order valence-electron chi connectivity index (χ0n) is 24.4. The molecule has 0 saturated carbocycles. The second kappa shape index (κ2) is 9.73. The average molecular weight is 554 g/mol. The van der Waals surface area contributed by atoms with Crippen molar-refractivity contribution in [3.05, 3.63) is 59.7 Å². The molecule has 2 amide bonds. The van der Waals surface area contributed by atoms with E-state index in [-0.39, 0.29) is 6.23 Å². The Kier molecular flexibility index (Phi) is 6.89. The van der Waals surface area contributed by atoms with Gasteiger partial charge in [-0.2, -0.15) is 0 Å². The van der Waals surface area contributed by atoms with Crippen LogP contribution in [0.25, 0.3) is 0 Å². The predicted octanol–water partition coefficient (Wildman–Crippen LogP) is 5.88. The topological polar surface area (TPSA) is 108 Å². The number of hydrogen-bond donors (Lipinski definition) is 2. The van der Waals surface area contributed by atoms with Crippen molar-refractivity contribution in [1.82, 2.24) is 4.90 Å². The minimum absolute atomic E-state index is 0.346. The van der Waals surface area contributed by atoms with Gasteiger partial charge in [0.1, 0.15) is 41.1 Å². The summed E-state index contributed by atoms with van der Waals surface area (Å²) in [6.07, 6.45) is -2.49. The molecule has 2 N–H and O–H groups in total. The van der Waals surface area contributed by atoms with Crippen molar-refractivity contribution < 1.29 is 33.3 Å². The molecule has 0 radical (unpaired) electrons. The van der Waals surface area contributed by atoms with E-state index in [4.69, 9.17) is 23.7 Å². The van der Waals surface area contributed by atoms with Crippen molar-refractivity contribution in [1.29, 1.82) is 0 Å². The lowest BCUT2D eigenvalue weighted by Gasteiger charge is -2.34. The number of amides is 2. The quantitative estimate of drug-likeness (QED) is 0.483. The molecule has 2 aromatic carbocycles. The van der Waals surface area contributed by atoms with E-state index in [0.717, 1.165) is 11.1 Å². The molecular formula is C30H39N3O7. The molecule has 0 spiro atoms. The van der Waals surface area contributed by atoms with Gasteiger partial charge in [-0.05, 0) is 67.5 Å². The summed E-state index contributed by atoms with van der Waals surface area (Å²) in [6.45, 7) is 15.2. The maximum Gasteiger partial charge on any atom is 0.412 e. The highest BCUT2D eigenvalue weighted by Gasteiger charge is 2.69. The van der Waals surface area contributed by atoms with E-state index in [1.54, 1.807) is 0 Å². The van der Waals surface area contributed by atoms with E-state index in [0.29, 0.717) is 18.0 Å². The van der Waals surface area contributed by atoms with Crippen molar-refractivity contribution >= 4 is 23.6 Å². The molecule has 0 bridgehead atoms. The first kappa shape index (κ1) is 28.4. The third-order valence-corrected chi connectivity index (χ3v) is 7.15. The number of ether oxygens (including phenoxy) is 5. The van der Waals surface area contributed by atoms with Gasteiger partial charge in [0.15, 0.2) is 0 Å². The van der Waals surface area contributed by atoms with E-state index < -0.39 is 47.0 Å². The summed E-state index contributed by atoms with van der Waals surface area (Å²) >= 11 is 0. The number of carbonyl (C=O) groups excluding carboxylic acids is 2. The first-order valence-electron chi connectivity index (χ1n) is 13.5. The van der Waals surface area contributed by atoms with Gasteiger partial charge in [-0.25, -0.2) is 14.5 Å². The van der Waals surface area contributed by atoms with Gasteiger partial charge in [0, 0.05) is 11.1 Å². The first-order valence-corrected chi connectivity index (χ1v) is 13.5. The van der Waals surface area contributed by atoms with Gasteiger partial charge < -0.3 is 23.7 Å². The standard InChI is InChI=1S/C30H39N3O7/c1-27(2,3)39-25(34)31-20-15-11-9-13-18(20)29(7)23-33-22(17-36-23)37-30(8,24(33)38-29)19-14-10-12-16-21(19)32-26(35)40-28(4,5)6/h9-16,22-24H,17H2,1-8H3,(H,31,34)(H,32,35)/t22-,23-,24-,29-,30-/m0/s1. The van der Waals surface area contributed by atoms with Crippen LogP contribution in [0.2, 0.25) is 0 Å². The van der Waals surface area contributed by atoms with Gasteiger partial charge in [-0.1, -0.05) is 36.4 Å². The Morgan fingerprint density at radius 3 is 1.70 bits per heavy atom. The molecule has 3 heterocycles. The van der Waals surface area contributed by atoms with Crippen LogP contribution in [0.5, 0.6) is 0 Å². The largest absolute Gasteiger partial charge is 0.444 e. The maximum absolute atomic E-state index is 12.7. The maximum atomic E-state index is 12.7. The molecule has 10 heteroatoms. The Morgan fingerprint density at radius 1 is 0.775 bits per heavy atom. The Balaban J connectivity index is 1.47. The number of anilines is 2. The molecular weight excluding hydrogens is 514 g/mol. The molecule has 216 valence electrons. The number of carbonyl (C=O) groups is 2. The molecule has 3 aliphatic rings. The third-order valence-electron chi connectivity index (χ3n) is 7.15. The Morgan fingerprint density at radius 2 is 1.23 bits per heavy atom. The highest BCUT2D eigenvalue weighted by atomic mass is 16.7. The normalized spacial score (nSPS) is 29.6. The van der Waals surface area contributed by atoms with Crippen molar-refractivity contribution in [2.75, 3.05) is 17.2 Å². The Bertz CT molecular complexity index is 1230. The van der Waals surface area contributed by atoms with Crippen molar-refractivity contribution in [3.8, 4) is 0 Å². The van der Waals surface area contributed by atoms with Crippen molar-refractivity contribution in [3.63, 3.8) is 0 Å². The molecule has 5 rings (SSSR count). The number of nitrogens with one attached hydrogen (secondary N) is 2. The predicted molar refractivity (Wildman–Crippen MR) is 149 cm³/mol. The van der Waals surface area contributed by atoms with Crippen LogP contribution in [-0.2, 0) is 34.9 Å². The van der Waals surface area contributed by atoms with Gasteiger partial charge in [0.05, 0.1) is 18.0 Å². The van der Waals surface area contributed by atoms with Crippen molar-refractivity contribution in [2.45, 2.75) is 96.5 Å². The number of hydrogen-bond acceptors (Lipinski definition) is 8. The van der Waals surface area contributed by atoms with Gasteiger partial charge in [0.2, 0.25) is 0 Å². The van der Waals surface area contributed by atoms with Crippen LogP contribution in [0.4, 0.5) is 21.0 Å². The molecule has 0 aromatic heterocycles. The minimum Gasteiger partial charge on any atom is -0.444 e. The summed E-state index contributed by atoms with van der Waals surface area (Å²) in [5, 5.41) is 5.77. The highest BCUT2D eigenvalue weighted by Crippen LogP contribution is 2.57. The molecule has 0 aliphatic carbocycles. The van der Waals surface area contributed by atoms with E-state index >= 15 is 0 Å². The second-order valence-electron chi connectivity index (χ2n) is 12.7. The number of nitrogens with zero attached hydrogens (tertiary/aromatic N) is 1. The third kappa shape index (κ3) is 5.16. The van der Waals surface area contributed by atoms with Crippen LogP contribution in [-0.4, -0.2) is 53.6 Å². The summed E-state index contributed by atoms with van der Waals surface area (Å²) in [5.41, 5.74) is -0.544. The molecule has 3 saturated heterocycles. The van der Waals surface area contributed by atoms with Crippen LogP contribution < -0.4 is 10.6 Å². The zero-order valence-corrected chi connectivity index (χ0v) is 24.4. The average Bonchev–Trinajstić information content (AvgIpc) is 3.45. The molecule has 3 fully saturated rings. The van der Waals surface area contributed by atoms with Crippen LogP contribution in [0.3, 0.4) is 0 Å². The van der Waals surface area contributed by atoms with Gasteiger partial charge in [-0.15, -0.1) is 0 Å². The summed E-state index contributed by atoms with van der Waals surface area (Å²) < 4.78 is 30.7. The molecule has 3 aliphatic heterocycles. The second-order valence-corrected chi connectivity index (χ2v) is 12.7. The van der Waals surface area contributed by atoms with Gasteiger partial charge >= 0.3 is 12.2 Å². The van der Waals surface area contributed by atoms with Gasteiger partial charge in [-0.3, -0.25) is 10.6 Å². The van der Waals surface area contributed by atoms with Crippen LogP contribution in [0.1, 0.15) is 66.5 Å². The highest BCUT2D eigenvalue weighted by molar-refractivity contribution is 5.87. The van der Waals surface area contributed by atoms with Crippen LogP contribution in [0, 0.1) is 0 Å². The summed E-state index contributed by atoms with van der Waals surface area (Å²) in [5.74, 6) is 0. The number of para-hydroxylation sites is 2. The molecule has 5 atom stereocenters. The molecule has 10 nitrogen and oxygen atoms in total. The fourth-order valence-corrected chi connectivity index (χ4v) is 5.67. The molecule has 2 aromatic rings.